The first-order valence-electron chi connectivity index (χ1n) is 14.6. The maximum absolute atomic E-state index is 13.5. The third kappa shape index (κ3) is 6.62. The number of aromatic nitrogens is 2. The van der Waals surface area contributed by atoms with Crippen LogP contribution in [0, 0.1) is 11.3 Å². The van der Waals surface area contributed by atoms with Crippen molar-refractivity contribution in [3.8, 4) is 0 Å². The zero-order valence-electron chi connectivity index (χ0n) is 24.4. The smallest absolute Gasteiger partial charge is 0.272 e. The van der Waals surface area contributed by atoms with Gasteiger partial charge >= 0.3 is 0 Å². The van der Waals surface area contributed by atoms with Crippen LogP contribution in [0.4, 0.5) is 0 Å². The highest BCUT2D eigenvalue weighted by Gasteiger charge is 2.37. The van der Waals surface area contributed by atoms with Gasteiger partial charge in [-0.1, -0.05) is 52.0 Å². The van der Waals surface area contributed by atoms with E-state index in [1.54, 1.807) is 6.07 Å². The Morgan fingerprint density at radius 2 is 1.88 bits per heavy atom. The Bertz CT molecular complexity index is 1350. The molecule has 2 saturated heterocycles. The third-order valence-corrected chi connectivity index (χ3v) is 8.27. The highest BCUT2D eigenvalue weighted by Crippen LogP contribution is 2.28. The van der Waals surface area contributed by atoms with Crippen molar-refractivity contribution >= 4 is 28.6 Å². The normalized spacial score (nSPS) is 20.6. The minimum atomic E-state index is -0.760. The van der Waals surface area contributed by atoms with E-state index in [1.165, 1.54) is 0 Å². The fourth-order valence-electron chi connectivity index (χ4n) is 5.95. The summed E-state index contributed by atoms with van der Waals surface area (Å²) < 4.78 is 5.46. The van der Waals surface area contributed by atoms with Crippen LogP contribution in [0.1, 0.15) is 79.4 Å². The molecule has 3 amide bonds. The molecule has 0 saturated carbocycles. The summed E-state index contributed by atoms with van der Waals surface area (Å²) in [4.78, 5) is 49.5. The number of ether oxygens (including phenoxy) is 1. The SMILES string of the molecule is C[C@H]1C[C@@H](CNC(=O)[C@@H](NC(=O)c2cc3ccccc3[nH]2)C(C)(C)C)N(C(=O)c2ccc(C3CCOCC3)cn2)C1. The lowest BCUT2D eigenvalue weighted by atomic mass is 9.86. The van der Waals surface area contributed by atoms with Crippen molar-refractivity contribution in [1.82, 2.24) is 25.5 Å². The molecule has 2 fully saturated rings. The van der Waals surface area contributed by atoms with E-state index in [4.69, 9.17) is 4.74 Å². The van der Waals surface area contributed by atoms with Crippen LogP contribution in [-0.2, 0) is 9.53 Å². The predicted octanol–water partition coefficient (Wildman–Crippen LogP) is 4.27. The van der Waals surface area contributed by atoms with Gasteiger partial charge in [-0.25, -0.2) is 0 Å². The zero-order valence-corrected chi connectivity index (χ0v) is 24.4. The highest BCUT2D eigenvalue weighted by atomic mass is 16.5. The van der Waals surface area contributed by atoms with Gasteiger partial charge in [-0.2, -0.15) is 0 Å². The Kier molecular flexibility index (Phi) is 8.45. The van der Waals surface area contributed by atoms with E-state index in [2.05, 4.69) is 27.5 Å². The monoisotopic (exact) mass is 559 g/mol. The number of fused-ring (bicyclic) bond motifs is 1. The summed E-state index contributed by atoms with van der Waals surface area (Å²) in [5, 5.41) is 6.90. The van der Waals surface area contributed by atoms with E-state index >= 15 is 0 Å². The molecule has 9 nitrogen and oxygen atoms in total. The van der Waals surface area contributed by atoms with E-state index in [-0.39, 0.29) is 23.8 Å². The molecule has 9 heteroatoms. The summed E-state index contributed by atoms with van der Waals surface area (Å²) in [6.45, 7) is 10.3. The number of H-pyrrole nitrogens is 1. The number of hydrogen-bond acceptors (Lipinski definition) is 5. The van der Waals surface area contributed by atoms with E-state index in [9.17, 15) is 14.4 Å². The first-order chi connectivity index (χ1) is 19.6. The largest absolute Gasteiger partial charge is 0.381 e. The molecule has 0 unspecified atom stereocenters. The fraction of sp³-hybridized carbons (Fsp3) is 0.500. The lowest BCUT2D eigenvalue weighted by Crippen LogP contribution is -2.55. The predicted molar refractivity (Wildman–Crippen MR) is 158 cm³/mol. The molecule has 3 atom stereocenters. The average molecular weight is 560 g/mol. The molecule has 1 aromatic carbocycles. The summed E-state index contributed by atoms with van der Waals surface area (Å²) >= 11 is 0. The molecule has 0 aliphatic carbocycles. The number of benzene rings is 1. The van der Waals surface area contributed by atoms with Crippen LogP contribution in [0.3, 0.4) is 0 Å². The standard InChI is InChI=1S/C32H41N5O4/c1-20-15-24(37(19-20)31(40)26-10-9-23(17-33-26)21-11-13-41-14-12-21)18-34-30(39)28(32(2,3)4)36-29(38)27-16-22-7-5-6-8-25(22)35-27/h5-10,16-17,20-21,24,28,35H,11-15,18-19H2,1-4H3,(H,34,39)(H,36,38)/t20-,24-,28+/m0/s1. The van der Waals surface area contributed by atoms with Gasteiger partial charge in [0, 0.05) is 49.4 Å². The van der Waals surface area contributed by atoms with Crippen molar-refractivity contribution in [3.63, 3.8) is 0 Å². The molecule has 3 N–H and O–H groups in total. The van der Waals surface area contributed by atoms with Crippen LogP contribution in [0.25, 0.3) is 10.9 Å². The minimum absolute atomic E-state index is 0.119. The molecule has 2 aliphatic rings. The molecule has 5 rings (SSSR count). The zero-order chi connectivity index (χ0) is 29.1. The first-order valence-corrected chi connectivity index (χ1v) is 14.6. The van der Waals surface area contributed by atoms with Crippen molar-refractivity contribution in [2.24, 2.45) is 11.3 Å². The number of rotatable bonds is 7. The van der Waals surface area contributed by atoms with Gasteiger partial charge in [0.15, 0.2) is 0 Å². The minimum Gasteiger partial charge on any atom is -0.381 e. The number of aromatic amines is 1. The lowest BCUT2D eigenvalue weighted by molar-refractivity contribution is -0.125. The fourth-order valence-corrected chi connectivity index (χ4v) is 5.95. The number of para-hydroxylation sites is 1. The van der Waals surface area contributed by atoms with Crippen molar-refractivity contribution in [3.05, 3.63) is 65.6 Å². The summed E-state index contributed by atoms with van der Waals surface area (Å²) in [7, 11) is 0. The van der Waals surface area contributed by atoms with Gasteiger partial charge in [0.25, 0.3) is 11.8 Å². The van der Waals surface area contributed by atoms with Crippen molar-refractivity contribution < 1.29 is 19.1 Å². The Labute approximate surface area is 241 Å². The number of nitrogens with zero attached hydrogens (tertiary/aromatic N) is 2. The molecule has 218 valence electrons. The Balaban J connectivity index is 1.22. The molecular weight excluding hydrogens is 518 g/mol. The maximum atomic E-state index is 13.5. The van der Waals surface area contributed by atoms with Crippen LogP contribution in [0.15, 0.2) is 48.7 Å². The summed E-state index contributed by atoms with van der Waals surface area (Å²) in [6.07, 6.45) is 4.55. The maximum Gasteiger partial charge on any atom is 0.272 e. The Morgan fingerprint density at radius 3 is 2.56 bits per heavy atom. The summed E-state index contributed by atoms with van der Waals surface area (Å²) in [6, 6.07) is 12.4. The molecular formula is C32H41N5O4. The van der Waals surface area contributed by atoms with Gasteiger partial charge in [0.1, 0.15) is 17.4 Å². The topological polar surface area (TPSA) is 116 Å². The van der Waals surface area contributed by atoms with Crippen LogP contribution < -0.4 is 10.6 Å². The van der Waals surface area contributed by atoms with Gasteiger partial charge in [-0.05, 0) is 60.3 Å². The van der Waals surface area contributed by atoms with E-state index < -0.39 is 11.5 Å². The van der Waals surface area contributed by atoms with Crippen LogP contribution in [-0.4, -0.2) is 71.0 Å². The van der Waals surface area contributed by atoms with Crippen LogP contribution in [0.2, 0.25) is 0 Å². The number of amides is 3. The molecule has 2 aliphatic heterocycles. The van der Waals surface area contributed by atoms with Gasteiger partial charge in [-0.3, -0.25) is 19.4 Å². The van der Waals surface area contributed by atoms with Gasteiger partial charge < -0.3 is 25.3 Å². The van der Waals surface area contributed by atoms with E-state index in [0.717, 1.165) is 48.9 Å². The number of likely N-dealkylation sites (tertiary alicyclic amines) is 1. The van der Waals surface area contributed by atoms with Crippen molar-refractivity contribution in [2.45, 2.75) is 65.0 Å². The highest BCUT2D eigenvalue weighted by molar-refractivity contribution is 6.00. The summed E-state index contributed by atoms with van der Waals surface area (Å²) in [5.74, 6) is 0.00211. The average Bonchev–Trinajstić information content (AvgIpc) is 3.57. The van der Waals surface area contributed by atoms with E-state index in [1.807, 2.05) is 68.3 Å². The third-order valence-electron chi connectivity index (χ3n) is 8.27. The lowest BCUT2D eigenvalue weighted by Gasteiger charge is -2.31. The molecule has 2 aromatic heterocycles. The first kappa shape index (κ1) is 28.8. The molecule has 41 heavy (non-hydrogen) atoms. The molecule has 0 radical (unpaired) electrons. The molecule has 0 spiro atoms. The quantitative estimate of drug-likeness (QED) is 0.400. The Morgan fingerprint density at radius 1 is 1.12 bits per heavy atom. The number of hydrogen-bond donors (Lipinski definition) is 3. The number of carbonyl (C=O) groups is 3. The molecule has 0 bridgehead atoms. The number of carbonyl (C=O) groups excluding carboxylic acids is 3. The summed E-state index contributed by atoms with van der Waals surface area (Å²) in [5.41, 5.74) is 2.31. The van der Waals surface area contributed by atoms with Crippen molar-refractivity contribution in [2.75, 3.05) is 26.3 Å². The number of pyridine rings is 1. The second-order valence-electron chi connectivity index (χ2n) is 12.6. The van der Waals surface area contributed by atoms with Crippen LogP contribution in [0.5, 0.6) is 0 Å². The Hall–Kier alpha value is -3.72. The second kappa shape index (κ2) is 12.0. The van der Waals surface area contributed by atoms with Gasteiger partial charge in [-0.15, -0.1) is 0 Å². The van der Waals surface area contributed by atoms with Crippen LogP contribution >= 0.6 is 0 Å². The molecule has 4 heterocycles. The molecule has 3 aromatic rings. The second-order valence-corrected chi connectivity index (χ2v) is 12.6. The van der Waals surface area contributed by atoms with Crippen molar-refractivity contribution in [1.29, 1.82) is 0 Å². The van der Waals surface area contributed by atoms with Gasteiger partial charge in [0.05, 0.1) is 0 Å². The van der Waals surface area contributed by atoms with E-state index in [0.29, 0.717) is 36.3 Å². The number of nitrogens with one attached hydrogen (secondary N) is 3. The van der Waals surface area contributed by atoms with Gasteiger partial charge in [0.2, 0.25) is 5.91 Å².